The van der Waals surface area contributed by atoms with Crippen LogP contribution in [0.3, 0.4) is 0 Å². The lowest BCUT2D eigenvalue weighted by Gasteiger charge is -1.99. The summed E-state index contributed by atoms with van der Waals surface area (Å²) in [6, 6.07) is 15.1. The highest BCUT2D eigenvalue weighted by Crippen LogP contribution is 2.14. The first-order valence-electron chi connectivity index (χ1n) is 6.82. The summed E-state index contributed by atoms with van der Waals surface area (Å²) in [6.07, 6.45) is 3.20. The van der Waals surface area contributed by atoms with Crippen LogP contribution in [0.15, 0.2) is 54.6 Å². The number of fused-ring (bicyclic) bond motifs is 1. The Balaban J connectivity index is 1.67. The van der Waals surface area contributed by atoms with E-state index in [1.165, 1.54) is 6.08 Å². The third kappa shape index (κ3) is 3.15. The lowest BCUT2D eigenvalue weighted by molar-refractivity contribution is -0.111. The molecule has 3 rings (SSSR count). The minimum Gasteiger partial charge on any atom is -0.497 e. The zero-order valence-corrected chi connectivity index (χ0v) is 12.0. The van der Waals surface area contributed by atoms with Gasteiger partial charge in [-0.1, -0.05) is 24.3 Å². The molecule has 1 heterocycles. The molecule has 0 bridgehead atoms. The average molecular weight is 293 g/mol. The van der Waals surface area contributed by atoms with Crippen molar-refractivity contribution in [1.82, 2.24) is 9.97 Å². The Labute approximate surface area is 127 Å². The Morgan fingerprint density at radius 3 is 2.68 bits per heavy atom. The maximum Gasteiger partial charge on any atom is 0.250 e. The molecule has 0 aliphatic heterocycles. The highest BCUT2D eigenvalue weighted by molar-refractivity contribution is 6.01. The van der Waals surface area contributed by atoms with E-state index in [0.29, 0.717) is 5.95 Å². The molecule has 5 nitrogen and oxygen atoms in total. The number of aromatic nitrogens is 2. The molecule has 0 saturated carbocycles. The van der Waals surface area contributed by atoms with Gasteiger partial charge in [-0.25, -0.2) is 4.98 Å². The van der Waals surface area contributed by atoms with Crippen molar-refractivity contribution in [2.45, 2.75) is 0 Å². The lowest BCUT2D eigenvalue weighted by Crippen LogP contribution is -2.08. The van der Waals surface area contributed by atoms with Crippen molar-refractivity contribution in [1.29, 1.82) is 0 Å². The number of benzene rings is 2. The van der Waals surface area contributed by atoms with Crippen LogP contribution >= 0.6 is 0 Å². The van der Waals surface area contributed by atoms with Crippen molar-refractivity contribution in [2.24, 2.45) is 0 Å². The number of nitrogens with one attached hydrogen (secondary N) is 2. The van der Waals surface area contributed by atoms with Gasteiger partial charge >= 0.3 is 0 Å². The lowest BCUT2D eigenvalue weighted by atomic mass is 10.2. The van der Waals surface area contributed by atoms with Crippen molar-refractivity contribution in [3.05, 3.63) is 60.2 Å². The zero-order chi connectivity index (χ0) is 15.4. The van der Waals surface area contributed by atoms with Gasteiger partial charge in [0.1, 0.15) is 5.75 Å². The van der Waals surface area contributed by atoms with Crippen molar-refractivity contribution in [3.8, 4) is 5.75 Å². The number of hydrogen-bond acceptors (Lipinski definition) is 3. The fraction of sp³-hybridized carbons (Fsp3) is 0.0588. The van der Waals surface area contributed by atoms with Crippen LogP contribution in [0.25, 0.3) is 17.1 Å². The van der Waals surface area contributed by atoms with Crippen molar-refractivity contribution in [2.75, 3.05) is 12.4 Å². The fourth-order valence-electron chi connectivity index (χ4n) is 2.06. The zero-order valence-electron chi connectivity index (χ0n) is 12.0. The van der Waals surface area contributed by atoms with Gasteiger partial charge in [0.25, 0.3) is 5.91 Å². The first-order chi connectivity index (χ1) is 10.7. The second-order valence-electron chi connectivity index (χ2n) is 4.70. The predicted molar refractivity (Wildman–Crippen MR) is 86.8 cm³/mol. The summed E-state index contributed by atoms with van der Waals surface area (Å²) in [5, 5.41) is 2.71. The fourth-order valence-corrected chi connectivity index (χ4v) is 2.06. The highest BCUT2D eigenvalue weighted by atomic mass is 16.5. The standard InChI is InChI=1S/C17H15N3O2/c1-22-13-9-6-12(7-10-13)8-11-16(21)20-17-18-14-4-2-3-5-15(14)19-17/h2-11H,1H3,(H2,18,19,20,21). The van der Waals surface area contributed by atoms with Gasteiger partial charge in [-0.05, 0) is 35.9 Å². The average Bonchev–Trinajstić information content (AvgIpc) is 2.95. The van der Waals surface area contributed by atoms with Gasteiger partial charge < -0.3 is 9.72 Å². The maximum absolute atomic E-state index is 11.9. The van der Waals surface area contributed by atoms with Gasteiger partial charge in [-0.2, -0.15) is 0 Å². The number of carbonyl (C=O) groups excluding carboxylic acids is 1. The number of ether oxygens (including phenoxy) is 1. The molecule has 1 aromatic heterocycles. The first-order valence-corrected chi connectivity index (χ1v) is 6.82. The van der Waals surface area contributed by atoms with Crippen molar-refractivity contribution >= 4 is 29.0 Å². The Bertz CT molecular complexity index is 786. The summed E-state index contributed by atoms with van der Waals surface area (Å²) in [6.45, 7) is 0. The third-order valence-corrected chi connectivity index (χ3v) is 3.17. The monoisotopic (exact) mass is 293 g/mol. The normalized spacial score (nSPS) is 11.0. The van der Waals surface area contributed by atoms with Crippen LogP contribution in [0.2, 0.25) is 0 Å². The van der Waals surface area contributed by atoms with E-state index in [1.807, 2.05) is 48.5 Å². The van der Waals surface area contributed by atoms with Crippen molar-refractivity contribution < 1.29 is 9.53 Å². The van der Waals surface area contributed by atoms with Crippen LogP contribution in [0, 0.1) is 0 Å². The molecule has 0 spiro atoms. The predicted octanol–water partition coefficient (Wildman–Crippen LogP) is 3.22. The molecule has 5 heteroatoms. The number of H-pyrrole nitrogens is 1. The van der Waals surface area contributed by atoms with Crippen LogP contribution in [0.4, 0.5) is 5.95 Å². The molecule has 2 N–H and O–H groups in total. The molecular formula is C17H15N3O2. The SMILES string of the molecule is COc1ccc(C=CC(=O)Nc2nc3ccccc3[nH]2)cc1. The van der Waals surface area contributed by atoms with Gasteiger partial charge in [-0.15, -0.1) is 0 Å². The number of rotatable bonds is 4. The minimum atomic E-state index is -0.241. The first kappa shape index (κ1) is 13.9. The molecule has 0 radical (unpaired) electrons. The van der Waals surface area contributed by atoms with Gasteiger partial charge in [0.2, 0.25) is 5.95 Å². The van der Waals surface area contributed by atoms with E-state index in [-0.39, 0.29) is 5.91 Å². The number of imidazole rings is 1. The van der Waals surface area contributed by atoms with E-state index in [0.717, 1.165) is 22.3 Å². The molecule has 0 fully saturated rings. The Kier molecular flexibility index (Phi) is 3.87. The number of amides is 1. The van der Waals surface area contributed by atoms with Crippen LogP contribution in [0.5, 0.6) is 5.75 Å². The van der Waals surface area contributed by atoms with E-state index >= 15 is 0 Å². The van der Waals surface area contributed by atoms with Gasteiger partial charge in [-0.3, -0.25) is 10.1 Å². The van der Waals surface area contributed by atoms with E-state index < -0.39 is 0 Å². The van der Waals surface area contributed by atoms with E-state index in [1.54, 1.807) is 13.2 Å². The largest absolute Gasteiger partial charge is 0.497 e. The summed E-state index contributed by atoms with van der Waals surface area (Å²) < 4.78 is 5.09. The number of para-hydroxylation sites is 2. The summed E-state index contributed by atoms with van der Waals surface area (Å²) in [5.41, 5.74) is 2.62. The van der Waals surface area contributed by atoms with E-state index in [4.69, 9.17) is 4.74 Å². The maximum atomic E-state index is 11.9. The molecule has 2 aromatic carbocycles. The Morgan fingerprint density at radius 1 is 1.18 bits per heavy atom. The van der Waals surface area contributed by atoms with E-state index in [2.05, 4.69) is 15.3 Å². The quantitative estimate of drug-likeness (QED) is 0.726. The van der Waals surface area contributed by atoms with Crippen LogP contribution in [-0.2, 0) is 4.79 Å². The summed E-state index contributed by atoms with van der Waals surface area (Å²) in [4.78, 5) is 19.2. The molecule has 110 valence electrons. The molecule has 0 aliphatic carbocycles. The number of anilines is 1. The summed E-state index contributed by atoms with van der Waals surface area (Å²) in [5.74, 6) is 0.976. The van der Waals surface area contributed by atoms with Crippen LogP contribution < -0.4 is 10.1 Å². The van der Waals surface area contributed by atoms with Gasteiger partial charge in [0.05, 0.1) is 18.1 Å². The van der Waals surface area contributed by atoms with Crippen molar-refractivity contribution in [3.63, 3.8) is 0 Å². The minimum absolute atomic E-state index is 0.241. The molecule has 0 aliphatic rings. The van der Waals surface area contributed by atoms with Gasteiger partial charge in [0.15, 0.2) is 0 Å². The Morgan fingerprint density at radius 2 is 1.95 bits per heavy atom. The van der Waals surface area contributed by atoms with Crippen LogP contribution in [0.1, 0.15) is 5.56 Å². The number of hydrogen-bond donors (Lipinski definition) is 2. The molecule has 0 saturated heterocycles. The van der Waals surface area contributed by atoms with E-state index in [9.17, 15) is 4.79 Å². The number of methoxy groups -OCH3 is 1. The van der Waals surface area contributed by atoms with Crippen LogP contribution in [-0.4, -0.2) is 23.0 Å². The third-order valence-electron chi connectivity index (χ3n) is 3.17. The number of nitrogens with zero attached hydrogens (tertiary/aromatic N) is 1. The molecule has 22 heavy (non-hydrogen) atoms. The molecule has 0 atom stereocenters. The molecule has 0 unspecified atom stereocenters. The Hall–Kier alpha value is -3.08. The topological polar surface area (TPSA) is 67.0 Å². The highest BCUT2D eigenvalue weighted by Gasteiger charge is 2.03. The molecular weight excluding hydrogens is 278 g/mol. The molecule has 1 amide bonds. The smallest absolute Gasteiger partial charge is 0.250 e. The van der Waals surface area contributed by atoms with Gasteiger partial charge in [0, 0.05) is 6.08 Å². The summed E-state index contributed by atoms with van der Waals surface area (Å²) >= 11 is 0. The number of carbonyl (C=O) groups is 1. The second kappa shape index (κ2) is 6.13. The molecule has 3 aromatic rings. The second-order valence-corrected chi connectivity index (χ2v) is 4.70. The number of aromatic amines is 1. The summed E-state index contributed by atoms with van der Waals surface area (Å²) in [7, 11) is 1.62.